The van der Waals surface area contributed by atoms with E-state index < -0.39 is 0 Å². The van der Waals surface area contributed by atoms with Crippen LogP contribution in [-0.4, -0.2) is 20.3 Å². The van der Waals surface area contributed by atoms with Crippen LogP contribution in [-0.2, 0) is 6.54 Å². The van der Waals surface area contributed by atoms with Crippen LogP contribution in [0, 0.1) is 13.8 Å². The first kappa shape index (κ1) is 14.9. The first-order chi connectivity index (χ1) is 10.7. The second-order valence-electron chi connectivity index (χ2n) is 5.35. The van der Waals surface area contributed by atoms with Gasteiger partial charge in [0.15, 0.2) is 5.82 Å². The smallest absolute Gasteiger partial charge is 0.151 e. The predicted molar refractivity (Wildman–Crippen MR) is 93.2 cm³/mol. The molecular weight excluding hydrogens is 292 g/mol. The van der Waals surface area contributed by atoms with Crippen LogP contribution in [0.25, 0.3) is 11.0 Å². The van der Waals surface area contributed by atoms with Crippen molar-refractivity contribution >= 4 is 28.6 Å². The lowest BCUT2D eigenvalue weighted by atomic mass is 10.2. The molecule has 22 heavy (non-hydrogen) atoms. The lowest BCUT2D eigenvalue weighted by molar-refractivity contribution is 0.679. The van der Waals surface area contributed by atoms with Crippen molar-refractivity contribution in [2.75, 3.05) is 11.5 Å². The van der Waals surface area contributed by atoms with Gasteiger partial charge in [0, 0.05) is 17.6 Å². The van der Waals surface area contributed by atoms with Gasteiger partial charge in [-0.1, -0.05) is 18.2 Å². The van der Waals surface area contributed by atoms with Crippen LogP contribution in [0.2, 0.25) is 0 Å². The maximum Gasteiger partial charge on any atom is 0.151 e. The van der Waals surface area contributed by atoms with Crippen molar-refractivity contribution in [2.24, 2.45) is 0 Å². The third-order valence-electron chi connectivity index (χ3n) is 3.71. The van der Waals surface area contributed by atoms with E-state index in [2.05, 4.69) is 45.7 Å². The molecule has 0 aliphatic heterocycles. The number of nitrogens with zero attached hydrogens (tertiary/aromatic N) is 3. The first-order valence-corrected chi connectivity index (χ1v) is 8.41. The summed E-state index contributed by atoms with van der Waals surface area (Å²) in [5.41, 5.74) is 9.02. The second kappa shape index (κ2) is 6.40. The molecule has 0 atom stereocenters. The van der Waals surface area contributed by atoms with Crippen LogP contribution in [0.1, 0.15) is 17.8 Å². The van der Waals surface area contributed by atoms with Gasteiger partial charge in [0.25, 0.3) is 0 Å². The highest BCUT2D eigenvalue weighted by Gasteiger charge is 2.12. The van der Waals surface area contributed by atoms with Crippen molar-refractivity contribution in [3.05, 3.63) is 47.9 Å². The van der Waals surface area contributed by atoms with E-state index in [1.54, 1.807) is 0 Å². The van der Waals surface area contributed by atoms with Gasteiger partial charge in [0.05, 0.1) is 5.52 Å². The Morgan fingerprint density at radius 1 is 1.18 bits per heavy atom. The molecule has 3 aromatic rings. The van der Waals surface area contributed by atoms with E-state index in [0.717, 1.165) is 41.1 Å². The van der Waals surface area contributed by atoms with Crippen LogP contribution in [0.3, 0.4) is 0 Å². The normalized spacial score (nSPS) is 11.2. The topological polar surface area (TPSA) is 56.7 Å². The molecule has 2 N–H and O–H groups in total. The molecule has 2 aromatic heterocycles. The molecule has 4 nitrogen and oxygen atoms in total. The molecule has 3 rings (SSSR count). The molecule has 0 spiro atoms. The number of hydrogen-bond acceptors (Lipinski definition) is 4. The number of fused-ring (bicyclic) bond motifs is 1. The van der Waals surface area contributed by atoms with Crippen molar-refractivity contribution in [3.63, 3.8) is 0 Å². The Bertz CT molecular complexity index is 780. The lowest BCUT2D eigenvalue weighted by Gasteiger charge is -2.08. The van der Waals surface area contributed by atoms with E-state index in [9.17, 15) is 0 Å². The Kier molecular flexibility index (Phi) is 4.34. The summed E-state index contributed by atoms with van der Waals surface area (Å²) in [6.45, 7) is 5.04. The van der Waals surface area contributed by atoms with E-state index in [1.807, 2.05) is 30.9 Å². The highest BCUT2D eigenvalue weighted by Crippen LogP contribution is 2.24. The molecule has 0 fully saturated rings. The van der Waals surface area contributed by atoms with Gasteiger partial charge < -0.3 is 10.3 Å². The number of nitrogen functional groups attached to an aromatic ring is 1. The zero-order chi connectivity index (χ0) is 15.5. The fourth-order valence-electron chi connectivity index (χ4n) is 2.63. The summed E-state index contributed by atoms with van der Waals surface area (Å²) in [6.07, 6.45) is 2.92. The fraction of sp³-hybridized carbons (Fsp3) is 0.294. The van der Waals surface area contributed by atoms with E-state index in [4.69, 9.17) is 5.73 Å². The monoisotopic (exact) mass is 312 g/mol. The molecule has 1 aromatic carbocycles. The zero-order valence-electron chi connectivity index (χ0n) is 12.9. The number of benzene rings is 1. The highest BCUT2D eigenvalue weighted by molar-refractivity contribution is 7.99. The Balaban J connectivity index is 1.72. The van der Waals surface area contributed by atoms with Crippen LogP contribution in [0.15, 0.2) is 41.4 Å². The average molecular weight is 312 g/mol. The molecule has 0 aliphatic carbocycles. The zero-order valence-corrected chi connectivity index (χ0v) is 13.7. The Morgan fingerprint density at radius 3 is 2.73 bits per heavy atom. The molecule has 114 valence electrons. The fourth-order valence-corrected chi connectivity index (χ4v) is 3.49. The number of aromatic nitrogens is 3. The molecule has 0 bridgehead atoms. The third kappa shape index (κ3) is 2.95. The summed E-state index contributed by atoms with van der Waals surface area (Å²) in [5.74, 6) is 2.60. The van der Waals surface area contributed by atoms with Gasteiger partial charge >= 0.3 is 0 Å². The van der Waals surface area contributed by atoms with Crippen LogP contribution < -0.4 is 5.73 Å². The lowest BCUT2D eigenvalue weighted by Crippen LogP contribution is -2.03. The number of anilines is 1. The summed E-state index contributed by atoms with van der Waals surface area (Å²) in [7, 11) is 0. The molecule has 0 aliphatic rings. The molecular formula is C17H20N4S. The number of imidazole rings is 1. The van der Waals surface area contributed by atoms with Gasteiger partial charge in [-0.15, -0.1) is 11.8 Å². The molecule has 0 amide bonds. The van der Waals surface area contributed by atoms with Crippen molar-refractivity contribution in [1.29, 1.82) is 0 Å². The quantitative estimate of drug-likeness (QED) is 0.575. The SMILES string of the molecule is Cc1cnc(N)c2nc(C)n(CCCSc3ccccc3)c12. The number of pyridine rings is 1. The van der Waals surface area contributed by atoms with E-state index in [-0.39, 0.29) is 0 Å². The molecule has 0 radical (unpaired) electrons. The van der Waals surface area contributed by atoms with Crippen molar-refractivity contribution in [3.8, 4) is 0 Å². The van der Waals surface area contributed by atoms with E-state index in [1.165, 1.54) is 4.90 Å². The van der Waals surface area contributed by atoms with Crippen molar-refractivity contribution in [2.45, 2.75) is 31.7 Å². The Hall–Kier alpha value is -2.01. The number of aryl methyl sites for hydroxylation is 3. The van der Waals surface area contributed by atoms with Gasteiger partial charge in [0.2, 0.25) is 0 Å². The predicted octanol–water partition coefficient (Wildman–Crippen LogP) is 3.81. The minimum Gasteiger partial charge on any atom is -0.382 e. The highest BCUT2D eigenvalue weighted by atomic mass is 32.2. The third-order valence-corrected chi connectivity index (χ3v) is 4.81. The van der Waals surface area contributed by atoms with Crippen LogP contribution in [0.5, 0.6) is 0 Å². The van der Waals surface area contributed by atoms with Gasteiger partial charge in [-0.05, 0) is 43.7 Å². The van der Waals surface area contributed by atoms with Gasteiger partial charge in [-0.3, -0.25) is 0 Å². The first-order valence-electron chi connectivity index (χ1n) is 7.42. The minimum atomic E-state index is 0.515. The standard InChI is InChI=1S/C17H20N4S/c1-12-11-19-17(18)15-16(12)21(13(2)20-15)9-6-10-22-14-7-4-3-5-8-14/h3-5,7-8,11H,6,9-10H2,1-2H3,(H2,18,19). The minimum absolute atomic E-state index is 0.515. The number of nitrogens with two attached hydrogens (primary N) is 1. The average Bonchev–Trinajstić information content (AvgIpc) is 2.87. The van der Waals surface area contributed by atoms with Gasteiger partial charge in [0.1, 0.15) is 11.3 Å². The van der Waals surface area contributed by atoms with E-state index in [0.29, 0.717) is 5.82 Å². The van der Waals surface area contributed by atoms with Crippen LogP contribution >= 0.6 is 11.8 Å². The van der Waals surface area contributed by atoms with Crippen molar-refractivity contribution < 1.29 is 0 Å². The van der Waals surface area contributed by atoms with Crippen LogP contribution in [0.4, 0.5) is 5.82 Å². The molecule has 0 saturated heterocycles. The summed E-state index contributed by atoms with van der Waals surface area (Å²) in [4.78, 5) is 10.1. The van der Waals surface area contributed by atoms with E-state index >= 15 is 0 Å². The maximum atomic E-state index is 5.95. The Morgan fingerprint density at radius 2 is 1.95 bits per heavy atom. The molecule has 0 unspecified atom stereocenters. The number of hydrogen-bond donors (Lipinski definition) is 1. The largest absolute Gasteiger partial charge is 0.382 e. The number of thioether (sulfide) groups is 1. The molecule has 0 saturated carbocycles. The van der Waals surface area contributed by atoms with Crippen molar-refractivity contribution in [1.82, 2.24) is 14.5 Å². The molecule has 2 heterocycles. The maximum absolute atomic E-state index is 5.95. The molecule has 5 heteroatoms. The van der Waals surface area contributed by atoms with Gasteiger partial charge in [-0.25, -0.2) is 9.97 Å². The summed E-state index contributed by atoms with van der Waals surface area (Å²) in [6, 6.07) is 10.5. The Labute approximate surface area is 134 Å². The number of rotatable bonds is 5. The second-order valence-corrected chi connectivity index (χ2v) is 6.52. The van der Waals surface area contributed by atoms with Gasteiger partial charge in [-0.2, -0.15) is 0 Å². The summed E-state index contributed by atoms with van der Waals surface area (Å²) >= 11 is 1.89. The summed E-state index contributed by atoms with van der Waals surface area (Å²) < 4.78 is 2.26. The summed E-state index contributed by atoms with van der Waals surface area (Å²) in [5, 5.41) is 0.